The molecule has 1 N–H and O–H groups in total. The van der Waals surface area contributed by atoms with Crippen molar-refractivity contribution in [3.05, 3.63) is 38.8 Å². The zero-order valence-electron chi connectivity index (χ0n) is 17.4. The first-order valence-electron chi connectivity index (χ1n) is 10.7. The number of anilines is 1. The predicted molar refractivity (Wildman–Crippen MR) is 128 cm³/mol. The van der Waals surface area contributed by atoms with Gasteiger partial charge in [-0.15, -0.1) is 0 Å². The molecule has 0 saturated carbocycles. The molecule has 2 saturated heterocycles. The minimum Gasteiger partial charge on any atom is -0.493 e. The number of thiazole rings is 1. The molecule has 3 heterocycles. The van der Waals surface area contributed by atoms with E-state index in [1.165, 1.54) is 12.8 Å². The number of rotatable bonds is 8. The van der Waals surface area contributed by atoms with Crippen LogP contribution in [0.4, 0.5) is 5.13 Å². The smallest absolute Gasteiger partial charge is 0.307 e. The fourth-order valence-electron chi connectivity index (χ4n) is 4.76. The number of benzene rings is 1. The van der Waals surface area contributed by atoms with Crippen molar-refractivity contribution in [1.29, 1.82) is 0 Å². The molecule has 2 aromatic rings. The number of carbonyl (C=O) groups is 1. The summed E-state index contributed by atoms with van der Waals surface area (Å²) in [5.74, 6) is -0.231. The SMILES string of the molecule is O=C(O)Cc1cc(Cl)cc(OCCC2(N3CCCC3)CCN(c3ncc(Br)s3)CC2)c1. The number of halogens is 2. The topological polar surface area (TPSA) is 65.9 Å². The normalized spacial score (nSPS) is 19.0. The van der Waals surface area contributed by atoms with Gasteiger partial charge in [-0.3, -0.25) is 9.69 Å². The summed E-state index contributed by atoms with van der Waals surface area (Å²) in [5.41, 5.74) is 0.802. The largest absolute Gasteiger partial charge is 0.493 e. The molecule has 0 atom stereocenters. The zero-order valence-corrected chi connectivity index (χ0v) is 20.5. The Balaban J connectivity index is 1.40. The average molecular weight is 529 g/mol. The van der Waals surface area contributed by atoms with E-state index in [-0.39, 0.29) is 12.0 Å². The summed E-state index contributed by atoms with van der Waals surface area (Å²) >= 11 is 11.4. The number of aromatic nitrogens is 1. The van der Waals surface area contributed by atoms with E-state index in [9.17, 15) is 4.79 Å². The van der Waals surface area contributed by atoms with E-state index in [2.05, 4.69) is 30.7 Å². The molecule has 4 rings (SSSR count). The summed E-state index contributed by atoms with van der Waals surface area (Å²) in [6.07, 6.45) is 7.47. The van der Waals surface area contributed by atoms with Crippen LogP contribution in [-0.2, 0) is 11.2 Å². The van der Waals surface area contributed by atoms with Crippen molar-refractivity contribution < 1.29 is 14.6 Å². The Morgan fingerprint density at radius 1 is 1.23 bits per heavy atom. The minimum atomic E-state index is -0.875. The molecule has 9 heteroatoms. The molecule has 2 aliphatic rings. The van der Waals surface area contributed by atoms with Gasteiger partial charge < -0.3 is 14.7 Å². The molecule has 2 aliphatic heterocycles. The lowest BCUT2D eigenvalue weighted by atomic mass is 9.83. The molecular formula is C22H27BrClN3O3S. The fraction of sp³-hybridized carbons (Fsp3) is 0.545. The van der Waals surface area contributed by atoms with Gasteiger partial charge in [0.25, 0.3) is 0 Å². The molecule has 2 fully saturated rings. The molecule has 0 bridgehead atoms. The van der Waals surface area contributed by atoms with Crippen molar-refractivity contribution in [2.45, 2.75) is 44.1 Å². The number of piperidine rings is 1. The lowest BCUT2D eigenvalue weighted by molar-refractivity contribution is -0.136. The highest BCUT2D eigenvalue weighted by molar-refractivity contribution is 9.11. The third kappa shape index (κ3) is 5.72. The summed E-state index contributed by atoms with van der Waals surface area (Å²) in [5, 5.41) is 10.6. The van der Waals surface area contributed by atoms with Crippen LogP contribution in [0.1, 0.15) is 37.7 Å². The van der Waals surface area contributed by atoms with Gasteiger partial charge in [-0.25, -0.2) is 4.98 Å². The second-order valence-corrected chi connectivity index (χ2v) is 11.1. The van der Waals surface area contributed by atoms with E-state index in [1.807, 2.05) is 6.20 Å². The van der Waals surface area contributed by atoms with Crippen LogP contribution in [0.5, 0.6) is 5.75 Å². The highest BCUT2D eigenvalue weighted by atomic mass is 79.9. The average Bonchev–Trinajstić information content (AvgIpc) is 3.40. The Hall–Kier alpha value is -1.35. The molecule has 168 valence electrons. The number of ether oxygens (including phenoxy) is 1. The molecule has 0 amide bonds. The Kier molecular flexibility index (Phi) is 7.41. The molecule has 0 spiro atoms. The molecule has 0 radical (unpaired) electrons. The Morgan fingerprint density at radius 2 is 1.97 bits per heavy atom. The second-order valence-electron chi connectivity index (χ2n) is 8.32. The van der Waals surface area contributed by atoms with Crippen LogP contribution in [0.15, 0.2) is 28.2 Å². The summed E-state index contributed by atoms with van der Waals surface area (Å²) < 4.78 is 7.14. The molecule has 0 aliphatic carbocycles. The quantitative estimate of drug-likeness (QED) is 0.515. The highest BCUT2D eigenvalue weighted by Crippen LogP contribution is 2.38. The van der Waals surface area contributed by atoms with Crippen LogP contribution >= 0.6 is 38.9 Å². The number of hydrogen-bond acceptors (Lipinski definition) is 6. The van der Waals surface area contributed by atoms with E-state index < -0.39 is 5.97 Å². The monoisotopic (exact) mass is 527 g/mol. The summed E-state index contributed by atoms with van der Waals surface area (Å²) in [4.78, 5) is 20.6. The van der Waals surface area contributed by atoms with E-state index >= 15 is 0 Å². The van der Waals surface area contributed by atoms with Gasteiger partial charge in [0, 0.05) is 23.7 Å². The maximum atomic E-state index is 11.0. The number of carboxylic acids is 1. The lowest BCUT2D eigenvalue weighted by Crippen LogP contribution is -2.55. The zero-order chi connectivity index (χ0) is 21.8. The number of nitrogens with zero attached hydrogens (tertiary/aromatic N) is 3. The number of aliphatic carboxylic acids is 1. The summed E-state index contributed by atoms with van der Waals surface area (Å²) in [7, 11) is 0. The van der Waals surface area contributed by atoms with Crippen LogP contribution in [0, 0.1) is 0 Å². The van der Waals surface area contributed by atoms with Gasteiger partial charge in [-0.1, -0.05) is 22.9 Å². The van der Waals surface area contributed by atoms with E-state index in [0.29, 0.717) is 22.9 Å². The first-order valence-corrected chi connectivity index (χ1v) is 12.7. The van der Waals surface area contributed by atoms with E-state index in [0.717, 1.165) is 54.4 Å². The van der Waals surface area contributed by atoms with Gasteiger partial charge in [0.1, 0.15) is 5.75 Å². The number of likely N-dealkylation sites (tertiary alicyclic amines) is 1. The van der Waals surface area contributed by atoms with Crippen LogP contribution in [-0.4, -0.2) is 59.3 Å². The van der Waals surface area contributed by atoms with Crippen LogP contribution in [0.2, 0.25) is 5.02 Å². The van der Waals surface area contributed by atoms with Crippen molar-refractivity contribution in [3.63, 3.8) is 0 Å². The molecule has 1 aromatic heterocycles. The van der Waals surface area contributed by atoms with Gasteiger partial charge in [-0.2, -0.15) is 0 Å². The standard InChI is InChI=1S/C22H27BrClN3O3S/c23-19-15-25-21(31-19)26-8-3-22(4-9-26,27-6-1-2-7-27)5-10-30-18-12-16(13-20(28)29)11-17(24)14-18/h11-12,14-15H,1-10,13H2,(H,28,29). The molecular weight excluding hydrogens is 502 g/mol. The first kappa shape index (κ1) is 22.8. The molecule has 0 unspecified atom stereocenters. The van der Waals surface area contributed by atoms with Gasteiger partial charge in [-0.05, 0) is 84.9 Å². The lowest BCUT2D eigenvalue weighted by Gasteiger charge is -2.47. The first-order chi connectivity index (χ1) is 14.9. The third-order valence-corrected chi connectivity index (χ3v) is 8.08. The van der Waals surface area contributed by atoms with Crippen molar-refractivity contribution >= 4 is 50.0 Å². The van der Waals surface area contributed by atoms with E-state index in [4.69, 9.17) is 21.4 Å². The van der Waals surface area contributed by atoms with Crippen LogP contribution in [0.3, 0.4) is 0 Å². The summed E-state index contributed by atoms with van der Waals surface area (Å²) in [6.45, 7) is 4.89. The van der Waals surface area contributed by atoms with Crippen molar-refractivity contribution in [2.24, 2.45) is 0 Å². The maximum absolute atomic E-state index is 11.0. The van der Waals surface area contributed by atoms with Crippen molar-refractivity contribution in [2.75, 3.05) is 37.7 Å². The van der Waals surface area contributed by atoms with Gasteiger partial charge in [0.05, 0.1) is 23.0 Å². The Morgan fingerprint density at radius 3 is 2.61 bits per heavy atom. The minimum absolute atomic E-state index is 0.0582. The predicted octanol–water partition coefficient (Wildman–Crippen LogP) is 5.09. The number of hydrogen-bond donors (Lipinski definition) is 1. The Bertz CT molecular complexity index is 911. The molecule has 1 aromatic carbocycles. The third-order valence-electron chi connectivity index (χ3n) is 6.33. The van der Waals surface area contributed by atoms with Crippen molar-refractivity contribution in [3.8, 4) is 5.75 Å². The van der Waals surface area contributed by atoms with Gasteiger partial charge >= 0.3 is 5.97 Å². The fourth-order valence-corrected chi connectivity index (χ4v) is 6.24. The maximum Gasteiger partial charge on any atom is 0.307 e. The van der Waals surface area contributed by atoms with E-state index in [1.54, 1.807) is 29.5 Å². The Labute approximate surface area is 200 Å². The highest BCUT2D eigenvalue weighted by Gasteiger charge is 2.41. The van der Waals surface area contributed by atoms with Crippen LogP contribution in [0.25, 0.3) is 0 Å². The van der Waals surface area contributed by atoms with Crippen LogP contribution < -0.4 is 9.64 Å². The molecule has 31 heavy (non-hydrogen) atoms. The summed E-state index contributed by atoms with van der Waals surface area (Å²) in [6, 6.07) is 5.23. The van der Waals surface area contributed by atoms with Gasteiger partial charge in [0.15, 0.2) is 5.13 Å². The second kappa shape index (κ2) is 10.1. The number of carboxylic acid groups (broad SMARTS) is 1. The van der Waals surface area contributed by atoms with Crippen molar-refractivity contribution in [1.82, 2.24) is 9.88 Å². The molecule has 6 nitrogen and oxygen atoms in total. The van der Waals surface area contributed by atoms with Gasteiger partial charge in [0.2, 0.25) is 0 Å².